The van der Waals surface area contributed by atoms with Crippen molar-refractivity contribution in [3.05, 3.63) is 35.5 Å². The van der Waals surface area contributed by atoms with Crippen molar-refractivity contribution in [1.29, 1.82) is 0 Å². The molecule has 1 saturated heterocycles. The van der Waals surface area contributed by atoms with Crippen LogP contribution in [0.2, 0.25) is 0 Å². The number of nitrogens with zero attached hydrogens (tertiary/aromatic N) is 2. The molecule has 1 fully saturated rings. The Hall–Kier alpha value is -2.94. The molecule has 0 saturated carbocycles. The maximum atomic E-state index is 13.8. The molecule has 1 aromatic heterocycles. The van der Waals surface area contributed by atoms with E-state index < -0.39 is 6.29 Å². The van der Waals surface area contributed by atoms with E-state index in [1.165, 1.54) is 6.07 Å². The van der Waals surface area contributed by atoms with Gasteiger partial charge in [0.05, 0.1) is 0 Å². The second-order valence-corrected chi connectivity index (χ2v) is 7.59. The van der Waals surface area contributed by atoms with Crippen molar-refractivity contribution in [3.63, 3.8) is 0 Å². The first-order valence-corrected chi connectivity index (χ1v) is 9.56. The number of nitrogens with one attached hydrogen (secondary N) is 3. The Balaban J connectivity index is 1.53. The molecule has 0 spiro atoms. The lowest BCUT2D eigenvalue weighted by Crippen LogP contribution is -2.26. The van der Waals surface area contributed by atoms with Crippen LogP contribution in [0.25, 0.3) is 5.57 Å². The molecule has 7 nitrogen and oxygen atoms in total. The molecular formula is C20H21F2N5O2. The third kappa shape index (κ3) is 3.35. The quantitative estimate of drug-likeness (QED) is 0.723. The van der Waals surface area contributed by atoms with E-state index in [4.69, 9.17) is 9.47 Å². The predicted molar refractivity (Wildman–Crippen MR) is 105 cm³/mol. The van der Waals surface area contributed by atoms with E-state index in [2.05, 4.69) is 32.0 Å². The van der Waals surface area contributed by atoms with Crippen molar-refractivity contribution in [2.75, 3.05) is 30.8 Å². The van der Waals surface area contributed by atoms with Crippen LogP contribution in [0.15, 0.2) is 24.3 Å². The van der Waals surface area contributed by atoms with Crippen molar-refractivity contribution in [3.8, 4) is 11.5 Å². The average Bonchev–Trinajstić information content (AvgIpc) is 3.32. The van der Waals surface area contributed by atoms with E-state index in [0.29, 0.717) is 34.9 Å². The van der Waals surface area contributed by atoms with Crippen LogP contribution in [0.1, 0.15) is 17.7 Å². The van der Waals surface area contributed by atoms with Crippen LogP contribution in [-0.4, -0.2) is 36.4 Å². The molecule has 152 valence electrons. The van der Waals surface area contributed by atoms with Gasteiger partial charge < -0.3 is 25.4 Å². The second kappa shape index (κ2) is 6.55. The highest BCUT2D eigenvalue weighted by Gasteiger charge is 2.46. The number of allylic oxidation sites excluding steroid dienone is 1. The van der Waals surface area contributed by atoms with E-state index in [1.54, 1.807) is 13.1 Å². The molecule has 1 aliphatic carbocycles. The highest BCUT2D eigenvalue weighted by molar-refractivity contribution is 5.80. The number of anilines is 3. The van der Waals surface area contributed by atoms with E-state index in [9.17, 15) is 8.78 Å². The Kier molecular flexibility index (Phi) is 4.09. The number of benzene rings is 1. The third-order valence-corrected chi connectivity index (χ3v) is 5.51. The summed E-state index contributed by atoms with van der Waals surface area (Å²) in [5.41, 5.74) is 2.96. The molecule has 0 bridgehead atoms. The molecule has 2 aromatic rings. The van der Waals surface area contributed by atoms with Gasteiger partial charge in [0.25, 0.3) is 0 Å². The first-order valence-electron chi connectivity index (χ1n) is 9.56. The molecule has 3 N–H and O–H groups in total. The molecule has 0 amide bonds. The molecule has 9 heteroatoms. The first-order chi connectivity index (χ1) is 13.9. The number of hydrogen-bond acceptors (Lipinski definition) is 7. The summed E-state index contributed by atoms with van der Waals surface area (Å²) in [7, 11) is 1.77. The van der Waals surface area contributed by atoms with Crippen molar-refractivity contribution >= 4 is 23.0 Å². The maximum absolute atomic E-state index is 13.8. The van der Waals surface area contributed by atoms with Gasteiger partial charge in [-0.3, -0.25) is 0 Å². The van der Waals surface area contributed by atoms with E-state index in [-0.39, 0.29) is 11.5 Å². The molecule has 2 atom stereocenters. The van der Waals surface area contributed by atoms with Crippen LogP contribution in [0.4, 0.5) is 26.2 Å². The second-order valence-electron chi connectivity index (χ2n) is 7.59. The lowest BCUT2D eigenvalue weighted by atomic mass is 9.97. The lowest BCUT2D eigenvalue weighted by Gasteiger charge is -2.13. The van der Waals surface area contributed by atoms with Crippen LogP contribution in [0, 0.1) is 18.8 Å². The van der Waals surface area contributed by atoms with Gasteiger partial charge in [0.2, 0.25) is 5.95 Å². The maximum Gasteiger partial charge on any atom is 0.586 e. The Labute approximate surface area is 166 Å². The molecule has 0 radical (unpaired) electrons. The zero-order valence-electron chi connectivity index (χ0n) is 16.1. The molecular weight excluding hydrogens is 380 g/mol. The molecule has 2 unspecified atom stereocenters. The summed E-state index contributed by atoms with van der Waals surface area (Å²) < 4.78 is 37.2. The lowest BCUT2D eigenvalue weighted by molar-refractivity contribution is -0.286. The van der Waals surface area contributed by atoms with Crippen molar-refractivity contribution in [2.24, 2.45) is 11.8 Å². The molecule has 3 aliphatic rings. The topological polar surface area (TPSA) is 80.3 Å². The van der Waals surface area contributed by atoms with Crippen LogP contribution in [0.5, 0.6) is 11.5 Å². The van der Waals surface area contributed by atoms with Gasteiger partial charge in [0, 0.05) is 42.7 Å². The number of aromatic nitrogens is 2. The fourth-order valence-electron chi connectivity index (χ4n) is 4.22. The molecule has 3 heterocycles. The third-order valence-electron chi connectivity index (χ3n) is 5.51. The van der Waals surface area contributed by atoms with Crippen molar-refractivity contribution in [1.82, 2.24) is 15.3 Å². The average molecular weight is 401 g/mol. The number of ether oxygens (including phenoxy) is 2. The van der Waals surface area contributed by atoms with E-state index in [0.717, 1.165) is 30.8 Å². The highest BCUT2D eigenvalue weighted by Crippen LogP contribution is 2.50. The normalized spacial score (nSPS) is 23.7. The highest BCUT2D eigenvalue weighted by atomic mass is 19.3. The minimum Gasteiger partial charge on any atom is -0.395 e. The van der Waals surface area contributed by atoms with Gasteiger partial charge in [0.1, 0.15) is 5.82 Å². The van der Waals surface area contributed by atoms with Crippen LogP contribution >= 0.6 is 0 Å². The zero-order valence-corrected chi connectivity index (χ0v) is 16.1. The standard InChI is InChI=1S/C20H21F2N5O2/c1-10-3-17(23-2)27-19(25-10)26-14-6-15(11-4-12-8-24-9-13(12)5-11)18-16(7-14)28-20(21,22)29-18/h3-4,6-7,12-13,24H,5,8-9H2,1-2H3,(H2,23,25,26,27). The predicted octanol–water partition coefficient (Wildman–Crippen LogP) is 3.51. The number of halogens is 2. The summed E-state index contributed by atoms with van der Waals surface area (Å²) in [6.07, 6.45) is -0.703. The molecule has 5 rings (SSSR count). The number of aryl methyl sites for hydroxylation is 1. The monoisotopic (exact) mass is 401 g/mol. The summed E-state index contributed by atoms with van der Waals surface area (Å²) in [5.74, 6) is 2.02. The summed E-state index contributed by atoms with van der Waals surface area (Å²) in [6, 6.07) is 5.10. The first kappa shape index (κ1) is 18.1. The fourth-order valence-corrected chi connectivity index (χ4v) is 4.22. The Morgan fingerprint density at radius 3 is 2.83 bits per heavy atom. The van der Waals surface area contributed by atoms with Crippen LogP contribution < -0.4 is 25.4 Å². The van der Waals surface area contributed by atoms with Gasteiger partial charge >= 0.3 is 6.29 Å². The Bertz CT molecular complexity index is 1010. The SMILES string of the molecule is CNc1cc(C)nc(Nc2cc3c(c(C4=CC5CNCC5C4)c2)OC(F)(F)O3)n1. The largest absolute Gasteiger partial charge is 0.586 e. The van der Waals surface area contributed by atoms with Gasteiger partial charge in [-0.2, -0.15) is 4.98 Å². The smallest absolute Gasteiger partial charge is 0.395 e. The minimum atomic E-state index is -3.68. The number of rotatable bonds is 4. The van der Waals surface area contributed by atoms with Crippen molar-refractivity contribution in [2.45, 2.75) is 19.6 Å². The number of alkyl halides is 2. The van der Waals surface area contributed by atoms with Crippen LogP contribution in [0.3, 0.4) is 0 Å². The van der Waals surface area contributed by atoms with Gasteiger partial charge in [-0.1, -0.05) is 6.08 Å². The number of hydrogen-bond donors (Lipinski definition) is 3. The molecule has 1 aromatic carbocycles. The molecule has 29 heavy (non-hydrogen) atoms. The summed E-state index contributed by atoms with van der Waals surface area (Å²) >= 11 is 0. The number of fused-ring (bicyclic) bond motifs is 2. The summed E-state index contributed by atoms with van der Waals surface area (Å²) in [4.78, 5) is 8.73. The fraction of sp³-hybridized carbons (Fsp3) is 0.400. The van der Waals surface area contributed by atoms with Gasteiger partial charge in [-0.05, 0) is 43.4 Å². The van der Waals surface area contributed by atoms with E-state index in [1.807, 2.05) is 13.0 Å². The zero-order chi connectivity index (χ0) is 20.2. The Morgan fingerprint density at radius 1 is 1.17 bits per heavy atom. The molecule has 2 aliphatic heterocycles. The van der Waals surface area contributed by atoms with Gasteiger partial charge in [-0.15, -0.1) is 8.78 Å². The van der Waals surface area contributed by atoms with Crippen LogP contribution in [-0.2, 0) is 0 Å². The van der Waals surface area contributed by atoms with Crippen molar-refractivity contribution < 1.29 is 18.3 Å². The van der Waals surface area contributed by atoms with Gasteiger partial charge in [-0.25, -0.2) is 4.98 Å². The minimum absolute atomic E-state index is 0.00702. The van der Waals surface area contributed by atoms with Gasteiger partial charge in [0.15, 0.2) is 11.5 Å². The van der Waals surface area contributed by atoms with E-state index >= 15 is 0 Å². The summed E-state index contributed by atoms with van der Waals surface area (Å²) in [6.45, 7) is 3.70. The Morgan fingerprint density at radius 2 is 2.03 bits per heavy atom. The summed E-state index contributed by atoms with van der Waals surface area (Å²) in [5, 5.41) is 9.45.